The van der Waals surface area contributed by atoms with E-state index in [4.69, 9.17) is 9.47 Å². The number of hydrogen-bond donors (Lipinski definition) is 1. The Labute approximate surface area is 287 Å². The Hall–Kier alpha value is -1.10. The molecule has 5 heteroatoms. The van der Waals surface area contributed by atoms with Crippen molar-refractivity contribution < 1.29 is 19.1 Å². The highest BCUT2D eigenvalue weighted by atomic mass is 16.5. The molecule has 5 nitrogen and oxygen atoms in total. The zero-order valence-electron chi connectivity index (χ0n) is 31.8. The molecular weight excluding hydrogens is 570 g/mol. The van der Waals surface area contributed by atoms with Gasteiger partial charge in [-0.25, -0.2) is 0 Å². The number of unbranched alkanes of at least 4 members (excludes halogenated alkanes) is 16. The van der Waals surface area contributed by atoms with E-state index in [0.29, 0.717) is 18.9 Å². The summed E-state index contributed by atoms with van der Waals surface area (Å²) in [5, 5.41) is 3.59. The number of ether oxygens (including phenoxy) is 2. The van der Waals surface area contributed by atoms with Gasteiger partial charge < -0.3 is 14.8 Å². The van der Waals surface area contributed by atoms with Gasteiger partial charge in [0.15, 0.2) is 0 Å². The molecule has 0 saturated carbocycles. The average Bonchev–Trinajstić information content (AvgIpc) is 3.04. The topological polar surface area (TPSA) is 64.6 Å². The highest BCUT2D eigenvalue weighted by molar-refractivity contribution is 5.69. The van der Waals surface area contributed by atoms with E-state index < -0.39 is 0 Å². The van der Waals surface area contributed by atoms with Crippen LogP contribution in [0.5, 0.6) is 0 Å². The van der Waals surface area contributed by atoms with E-state index in [9.17, 15) is 9.59 Å². The van der Waals surface area contributed by atoms with Gasteiger partial charge >= 0.3 is 11.9 Å². The standard InChI is InChI=1S/C41H81NO4/c1-6-11-15-19-23-31-38(32-24-20-16-12-7-2)45-40(43)35-27-29-37(42-10-5)30-28-36-41(44)46-39(33-25-21-17-13-8-3)34-26-22-18-14-9-4/h37-39,42H,6-36H2,1-5H3. The molecule has 46 heavy (non-hydrogen) atoms. The van der Waals surface area contributed by atoms with E-state index in [1.807, 2.05) is 0 Å². The molecule has 0 heterocycles. The molecule has 1 N–H and O–H groups in total. The van der Waals surface area contributed by atoms with Gasteiger partial charge in [-0.1, -0.05) is 137 Å². The van der Waals surface area contributed by atoms with Gasteiger partial charge in [0, 0.05) is 18.9 Å². The van der Waals surface area contributed by atoms with Gasteiger partial charge in [-0.15, -0.1) is 0 Å². The maximum Gasteiger partial charge on any atom is 0.306 e. The maximum atomic E-state index is 12.8. The van der Waals surface area contributed by atoms with Gasteiger partial charge in [-0.2, -0.15) is 0 Å². The van der Waals surface area contributed by atoms with Crippen LogP contribution in [-0.4, -0.2) is 36.7 Å². The largest absolute Gasteiger partial charge is 0.462 e. The number of carbonyl (C=O) groups excluding carboxylic acids is 2. The zero-order chi connectivity index (χ0) is 33.9. The van der Waals surface area contributed by atoms with Crippen molar-refractivity contribution in [3.63, 3.8) is 0 Å². The van der Waals surface area contributed by atoms with E-state index in [1.165, 1.54) is 103 Å². The third-order valence-electron chi connectivity index (χ3n) is 9.47. The molecule has 0 atom stereocenters. The molecular formula is C41H81NO4. The summed E-state index contributed by atoms with van der Waals surface area (Å²) in [7, 11) is 0. The molecule has 0 aliphatic carbocycles. The molecule has 0 aliphatic heterocycles. The van der Waals surface area contributed by atoms with Crippen LogP contribution in [0, 0.1) is 0 Å². The maximum absolute atomic E-state index is 12.8. The van der Waals surface area contributed by atoms with Crippen LogP contribution in [0.15, 0.2) is 0 Å². The van der Waals surface area contributed by atoms with Crippen molar-refractivity contribution in [2.24, 2.45) is 0 Å². The minimum Gasteiger partial charge on any atom is -0.462 e. The van der Waals surface area contributed by atoms with Gasteiger partial charge in [0.05, 0.1) is 0 Å². The average molecular weight is 652 g/mol. The molecule has 0 radical (unpaired) electrons. The smallest absolute Gasteiger partial charge is 0.306 e. The first-order chi connectivity index (χ1) is 22.5. The number of carbonyl (C=O) groups is 2. The van der Waals surface area contributed by atoms with Crippen LogP contribution in [0.25, 0.3) is 0 Å². The lowest BCUT2D eigenvalue weighted by Gasteiger charge is -2.20. The van der Waals surface area contributed by atoms with E-state index >= 15 is 0 Å². The van der Waals surface area contributed by atoms with E-state index in [2.05, 4.69) is 39.9 Å². The lowest BCUT2D eigenvalue weighted by molar-refractivity contribution is -0.150. The molecule has 0 aliphatic rings. The van der Waals surface area contributed by atoms with E-state index in [-0.39, 0.29) is 24.1 Å². The first kappa shape index (κ1) is 44.9. The quantitative estimate of drug-likeness (QED) is 0.0539. The molecule has 0 rings (SSSR count). The molecule has 0 spiro atoms. The second-order valence-electron chi connectivity index (χ2n) is 14.1. The minimum absolute atomic E-state index is 0.0265. The van der Waals surface area contributed by atoms with Crippen molar-refractivity contribution in [3.05, 3.63) is 0 Å². The predicted molar refractivity (Wildman–Crippen MR) is 198 cm³/mol. The Morgan fingerprint density at radius 1 is 0.413 bits per heavy atom. The first-order valence-corrected chi connectivity index (χ1v) is 20.6. The first-order valence-electron chi connectivity index (χ1n) is 20.6. The Balaban J connectivity index is 4.57. The summed E-state index contributed by atoms with van der Waals surface area (Å²) in [6.45, 7) is 12.0. The molecule has 0 aromatic carbocycles. The number of esters is 2. The van der Waals surface area contributed by atoms with Crippen LogP contribution < -0.4 is 5.32 Å². The lowest BCUT2D eigenvalue weighted by Crippen LogP contribution is -2.29. The SMILES string of the molecule is CCCCCCCC(CCCCCCC)OC(=O)CCCC(CCCC(=O)OC(CCCCCCC)CCCCCCC)NCC. The Morgan fingerprint density at radius 2 is 0.717 bits per heavy atom. The van der Waals surface area contributed by atoms with Gasteiger partial charge in [0.2, 0.25) is 0 Å². The summed E-state index contributed by atoms with van der Waals surface area (Å²) in [5.41, 5.74) is 0. The molecule has 0 saturated heterocycles. The van der Waals surface area contributed by atoms with Crippen LogP contribution in [0.2, 0.25) is 0 Å². The summed E-state index contributed by atoms with van der Waals surface area (Å²) in [5.74, 6) is -0.0530. The second-order valence-corrected chi connectivity index (χ2v) is 14.1. The van der Waals surface area contributed by atoms with Gasteiger partial charge in [-0.3, -0.25) is 9.59 Å². The van der Waals surface area contributed by atoms with E-state index in [1.54, 1.807) is 0 Å². The Kier molecular flexibility index (Phi) is 34.4. The Morgan fingerprint density at radius 3 is 1.00 bits per heavy atom. The van der Waals surface area contributed by atoms with Crippen molar-refractivity contribution in [1.82, 2.24) is 5.32 Å². The van der Waals surface area contributed by atoms with Crippen molar-refractivity contribution in [2.45, 2.75) is 245 Å². The predicted octanol–water partition coefficient (Wildman–Crippen LogP) is 12.6. The van der Waals surface area contributed by atoms with Gasteiger partial charge in [0.25, 0.3) is 0 Å². The van der Waals surface area contributed by atoms with Crippen LogP contribution in [0.1, 0.15) is 227 Å². The summed E-state index contributed by atoms with van der Waals surface area (Å²) in [4.78, 5) is 25.6. The molecule has 0 amide bonds. The van der Waals surface area contributed by atoms with Crippen LogP contribution in [0.3, 0.4) is 0 Å². The van der Waals surface area contributed by atoms with Crippen molar-refractivity contribution in [3.8, 4) is 0 Å². The Bertz CT molecular complexity index is 574. The number of hydrogen-bond acceptors (Lipinski definition) is 5. The third kappa shape index (κ3) is 30.2. The molecule has 0 unspecified atom stereocenters. The number of rotatable bonds is 36. The summed E-state index contributed by atoms with van der Waals surface area (Å²) < 4.78 is 12.1. The molecule has 0 aromatic heterocycles. The van der Waals surface area contributed by atoms with Crippen LogP contribution in [-0.2, 0) is 19.1 Å². The molecule has 274 valence electrons. The van der Waals surface area contributed by atoms with Crippen molar-refractivity contribution in [1.29, 1.82) is 0 Å². The fourth-order valence-corrected chi connectivity index (χ4v) is 6.54. The monoisotopic (exact) mass is 652 g/mol. The minimum atomic E-state index is -0.0265. The zero-order valence-corrected chi connectivity index (χ0v) is 31.8. The summed E-state index contributed by atoms with van der Waals surface area (Å²) in [6, 6.07) is 0.325. The van der Waals surface area contributed by atoms with Gasteiger partial charge in [0.1, 0.15) is 12.2 Å². The van der Waals surface area contributed by atoms with Crippen molar-refractivity contribution >= 4 is 11.9 Å². The second kappa shape index (κ2) is 35.2. The fraction of sp³-hybridized carbons (Fsp3) is 0.951. The normalized spacial score (nSPS) is 11.7. The summed E-state index contributed by atoms with van der Waals surface area (Å²) in [6.07, 6.45) is 33.8. The molecule has 0 fully saturated rings. The summed E-state index contributed by atoms with van der Waals surface area (Å²) >= 11 is 0. The third-order valence-corrected chi connectivity index (χ3v) is 9.47. The highest BCUT2D eigenvalue weighted by Crippen LogP contribution is 2.20. The van der Waals surface area contributed by atoms with Crippen LogP contribution in [0.4, 0.5) is 0 Å². The van der Waals surface area contributed by atoms with Crippen LogP contribution >= 0.6 is 0 Å². The highest BCUT2D eigenvalue weighted by Gasteiger charge is 2.17. The fourth-order valence-electron chi connectivity index (χ4n) is 6.54. The molecule has 0 bridgehead atoms. The van der Waals surface area contributed by atoms with Crippen molar-refractivity contribution in [2.75, 3.05) is 6.54 Å². The lowest BCUT2D eigenvalue weighted by atomic mass is 10.0. The molecule has 0 aromatic rings. The number of nitrogens with one attached hydrogen (secondary N) is 1. The van der Waals surface area contributed by atoms with Gasteiger partial charge in [-0.05, 0) is 83.6 Å². The van der Waals surface area contributed by atoms with E-state index in [0.717, 1.165) is 83.6 Å².